The molecular formula is C36H71N2O6P. The molecule has 0 spiro atoms. The molecule has 0 aromatic rings. The highest BCUT2D eigenvalue weighted by molar-refractivity contribution is 7.47. The molecule has 45 heavy (non-hydrogen) atoms. The second kappa shape index (κ2) is 32.9. The minimum atomic E-state index is -4.33. The molecule has 0 saturated heterocycles. The van der Waals surface area contributed by atoms with Crippen molar-refractivity contribution in [3.63, 3.8) is 0 Å². The highest BCUT2D eigenvalue weighted by Crippen LogP contribution is 2.43. The first-order chi connectivity index (χ1) is 21.9. The van der Waals surface area contributed by atoms with Gasteiger partial charge in [0.2, 0.25) is 5.91 Å². The van der Waals surface area contributed by atoms with Crippen LogP contribution in [0.4, 0.5) is 0 Å². The maximum absolute atomic E-state index is 12.7. The number of rotatable bonds is 34. The average Bonchev–Trinajstić information content (AvgIpc) is 3.02. The summed E-state index contributed by atoms with van der Waals surface area (Å²) in [6, 6.07) is -0.859. The van der Waals surface area contributed by atoms with E-state index in [0.717, 1.165) is 51.4 Å². The van der Waals surface area contributed by atoms with Crippen molar-refractivity contribution in [1.82, 2.24) is 5.32 Å². The summed E-state index contributed by atoms with van der Waals surface area (Å²) in [6.07, 6.45) is 35.0. The first-order valence-electron chi connectivity index (χ1n) is 18.5. The molecule has 3 unspecified atom stereocenters. The molecule has 0 aliphatic heterocycles. The van der Waals surface area contributed by atoms with E-state index in [0.29, 0.717) is 6.42 Å². The fraction of sp³-hybridized carbons (Fsp3) is 0.861. The molecule has 0 aromatic heterocycles. The van der Waals surface area contributed by atoms with E-state index < -0.39 is 20.0 Å². The van der Waals surface area contributed by atoms with Gasteiger partial charge in [0.25, 0.3) is 0 Å². The Kier molecular flexibility index (Phi) is 32.2. The van der Waals surface area contributed by atoms with Crippen molar-refractivity contribution in [2.24, 2.45) is 5.73 Å². The van der Waals surface area contributed by atoms with Crippen molar-refractivity contribution in [2.75, 3.05) is 19.8 Å². The van der Waals surface area contributed by atoms with Crippen molar-refractivity contribution in [3.8, 4) is 0 Å². The van der Waals surface area contributed by atoms with Gasteiger partial charge < -0.3 is 21.1 Å². The highest BCUT2D eigenvalue weighted by Gasteiger charge is 2.26. The van der Waals surface area contributed by atoms with Gasteiger partial charge in [-0.1, -0.05) is 141 Å². The quantitative estimate of drug-likeness (QED) is 0.0308. The standard InChI is InChI=1S/C36H71N2O6P/c1-3-5-7-9-11-13-15-16-17-18-20-22-24-26-28-30-36(40)38-34(33-44-45(41,42)43-32-31-37)35(39)29-27-25-23-21-19-14-12-10-8-6-4-2/h16-17,27,29,34-35,39H,3-15,18-26,28,30-33,37H2,1-2H3,(H,38,40)(H,41,42)/b17-16-,29-27+. The number of allylic oxidation sites excluding steroid dienone is 3. The first-order valence-corrected chi connectivity index (χ1v) is 20.0. The minimum absolute atomic E-state index is 0.0776. The molecule has 0 aromatic carbocycles. The van der Waals surface area contributed by atoms with Gasteiger partial charge >= 0.3 is 7.82 Å². The molecule has 266 valence electrons. The van der Waals surface area contributed by atoms with Crippen LogP contribution in [0.15, 0.2) is 24.3 Å². The zero-order chi connectivity index (χ0) is 33.3. The molecule has 5 N–H and O–H groups in total. The van der Waals surface area contributed by atoms with Gasteiger partial charge in [-0.05, 0) is 44.9 Å². The average molecular weight is 659 g/mol. The van der Waals surface area contributed by atoms with Crippen LogP contribution in [-0.4, -0.2) is 47.8 Å². The van der Waals surface area contributed by atoms with Crippen LogP contribution in [0.5, 0.6) is 0 Å². The molecular weight excluding hydrogens is 587 g/mol. The summed E-state index contributed by atoms with van der Waals surface area (Å²) in [4.78, 5) is 22.5. The maximum atomic E-state index is 12.7. The number of aliphatic hydroxyl groups is 1. The lowest BCUT2D eigenvalue weighted by Crippen LogP contribution is -2.45. The van der Waals surface area contributed by atoms with Crippen molar-refractivity contribution in [2.45, 2.75) is 180 Å². The van der Waals surface area contributed by atoms with Crippen LogP contribution in [0.2, 0.25) is 0 Å². The fourth-order valence-electron chi connectivity index (χ4n) is 5.18. The van der Waals surface area contributed by atoms with Gasteiger partial charge in [0.15, 0.2) is 0 Å². The number of phosphoric ester groups is 1. The van der Waals surface area contributed by atoms with Crippen molar-refractivity contribution >= 4 is 13.7 Å². The van der Waals surface area contributed by atoms with Crippen LogP contribution >= 0.6 is 7.82 Å². The Morgan fingerprint density at radius 3 is 1.64 bits per heavy atom. The summed E-state index contributed by atoms with van der Waals surface area (Å²) in [5.74, 6) is -0.205. The molecule has 8 nitrogen and oxygen atoms in total. The third-order valence-electron chi connectivity index (χ3n) is 8.02. The monoisotopic (exact) mass is 659 g/mol. The van der Waals surface area contributed by atoms with Crippen LogP contribution in [-0.2, 0) is 18.4 Å². The zero-order valence-corrected chi connectivity index (χ0v) is 30.0. The van der Waals surface area contributed by atoms with Gasteiger partial charge in [-0.25, -0.2) is 4.57 Å². The normalized spacial score (nSPS) is 14.7. The molecule has 1 amide bonds. The predicted molar refractivity (Wildman–Crippen MR) is 189 cm³/mol. The third-order valence-corrected chi connectivity index (χ3v) is 9.01. The molecule has 3 atom stereocenters. The number of hydrogen-bond donors (Lipinski definition) is 4. The molecule has 0 bridgehead atoms. The SMILES string of the molecule is CCCCCCCC/C=C\CCCCCCCC(=O)NC(COP(=O)(O)OCCN)C(O)/C=C/CCCCCCCCCCC. The van der Waals surface area contributed by atoms with E-state index in [1.165, 1.54) is 96.3 Å². The minimum Gasteiger partial charge on any atom is -0.387 e. The number of amides is 1. The smallest absolute Gasteiger partial charge is 0.387 e. The topological polar surface area (TPSA) is 131 Å². The second-order valence-corrected chi connectivity index (χ2v) is 13.9. The van der Waals surface area contributed by atoms with Crippen LogP contribution < -0.4 is 11.1 Å². The summed E-state index contributed by atoms with van der Waals surface area (Å²) in [6.45, 7) is 4.09. The number of aliphatic hydroxyl groups excluding tert-OH is 1. The van der Waals surface area contributed by atoms with Gasteiger partial charge in [-0.2, -0.15) is 0 Å². The number of unbranched alkanes of at least 4 members (excludes halogenated alkanes) is 20. The summed E-state index contributed by atoms with van der Waals surface area (Å²) < 4.78 is 22.0. The Morgan fingerprint density at radius 2 is 1.16 bits per heavy atom. The Hall–Kier alpha value is -1.02. The zero-order valence-electron chi connectivity index (χ0n) is 29.1. The Labute approximate surface area is 277 Å². The van der Waals surface area contributed by atoms with Gasteiger partial charge in [-0.15, -0.1) is 0 Å². The fourth-order valence-corrected chi connectivity index (χ4v) is 5.94. The first kappa shape index (κ1) is 44.0. The van der Waals surface area contributed by atoms with Crippen molar-refractivity contribution in [3.05, 3.63) is 24.3 Å². The van der Waals surface area contributed by atoms with Crippen LogP contribution in [0.1, 0.15) is 168 Å². The number of phosphoric acid groups is 1. The predicted octanol–water partition coefficient (Wildman–Crippen LogP) is 9.44. The molecule has 0 aliphatic rings. The van der Waals surface area contributed by atoms with Gasteiger partial charge in [0.1, 0.15) is 0 Å². The lowest BCUT2D eigenvalue weighted by atomic mass is 10.1. The van der Waals surface area contributed by atoms with Crippen molar-refractivity contribution < 1.29 is 28.4 Å². The summed E-state index contributed by atoms with van der Waals surface area (Å²) in [7, 11) is -4.33. The molecule has 0 aliphatic carbocycles. The van der Waals surface area contributed by atoms with E-state index in [-0.39, 0.29) is 25.7 Å². The van der Waals surface area contributed by atoms with E-state index in [4.69, 9.17) is 14.8 Å². The van der Waals surface area contributed by atoms with Crippen LogP contribution in [0.25, 0.3) is 0 Å². The molecule has 0 radical (unpaired) electrons. The molecule has 0 fully saturated rings. The third kappa shape index (κ3) is 31.4. The lowest BCUT2D eigenvalue weighted by Gasteiger charge is -2.23. The highest BCUT2D eigenvalue weighted by atomic mass is 31.2. The molecule has 0 heterocycles. The van der Waals surface area contributed by atoms with Crippen LogP contribution in [0, 0.1) is 0 Å². The second-order valence-electron chi connectivity index (χ2n) is 12.4. The summed E-state index contributed by atoms with van der Waals surface area (Å²) in [5, 5.41) is 13.6. The lowest BCUT2D eigenvalue weighted by molar-refractivity contribution is -0.123. The Bertz CT molecular complexity index is 764. The van der Waals surface area contributed by atoms with Gasteiger partial charge in [0.05, 0.1) is 25.4 Å². The number of carbonyl (C=O) groups excluding carboxylic acids is 1. The number of nitrogens with two attached hydrogens (primary N) is 1. The van der Waals surface area contributed by atoms with E-state index in [1.807, 2.05) is 6.08 Å². The Morgan fingerprint density at radius 1 is 0.711 bits per heavy atom. The van der Waals surface area contributed by atoms with Crippen molar-refractivity contribution in [1.29, 1.82) is 0 Å². The molecule has 0 rings (SSSR count). The van der Waals surface area contributed by atoms with E-state index in [2.05, 4.69) is 31.3 Å². The maximum Gasteiger partial charge on any atom is 0.472 e. The van der Waals surface area contributed by atoms with E-state index in [9.17, 15) is 19.4 Å². The summed E-state index contributed by atoms with van der Waals surface area (Å²) >= 11 is 0. The van der Waals surface area contributed by atoms with Gasteiger partial charge in [-0.3, -0.25) is 13.8 Å². The molecule has 9 heteroatoms. The Balaban J connectivity index is 4.33. The van der Waals surface area contributed by atoms with E-state index in [1.54, 1.807) is 6.08 Å². The van der Waals surface area contributed by atoms with Gasteiger partial charge in [0, 0.05) is 13.0 Å². The molecule has 0 saturated carbocycles. The number of hydrogen-bond acceptors (Lipinski definition) is 6. The van der Waals surface area contributed by atoms with Crippen LogP contribution in [0.3, 0.4) is 0 Å². The number of carbonyl (C=O) groups is 1. The largest absolute Gasteiger partial charge is 0.472 e. The number of nitrogens with one attached hydrogen (secondary N) is 1. The summed E-state index contributed by atoms with van der Waals surface area (Å²) in [5.41, 5.74) is 5.34. The van der Waals surface area contributed by atoms with E-state index >= 15 is 0 Å².